The highest BCUT2D eigenvalue weighted by molar-refractivity contribution is 7.13. The summed E-state index contributed by atoms with van der Waals surface area (Å²) in [5.41, 5.74) is 2.07. The first-order chi connectivity index (χ1) is 14.6. The number of rotatable bonds is 7. The number of amides is 1. The van der Waals surface area contributed by atoms with Crippen molar-refractivity contribution in [2.24, 2.45) is 0 Å². The van der Waals surface area contributed by atoms with Crippen LogP contribution in [0.4, 0.5) is 5.69 Å². The molecule has 30 heavy (non-hydrogen) atoms. The van der Waals surface area contributed by atoms with Crippen LogP contribution in [0.15, 0.2) is 46.2 Å². The zero-order valence-electron chi connectivity index (χ0n) is 17.4. The van der Waals surface area contributed by atoms with Crippen LogP contribution in [-0.2, 0) is 11.2 Å². The number of hydrogen-bond donors (Lipinski definition) is 1. The van der Waals surface area contributed by atoms with Gasteiger partial charge < -0.3 is 9.73 Å². The molecule has 0 unspecified atom stereocenters. The molecule has 1 fully saturated rings. The van der Waals surface area contributed by atoms with Gasteiger partial charge in [-0.1, -0.05) is 31.2 Å². The van der Waals surface area contributed by atoms with Gasteiger partial charge in [0.1, 0.15) is 0 Å². The van der Waals surface area contributed by atoms with Crippen molar-refractivity contribution < 1.29 is 9.21 Å². The van der Waals surface area contributed by atoms with E-state index in [2.05, 4.69) is 45.2 Å². The number of thiophene rings is 1. The average Bonchev–Trinajstić information content (AvgIpc) is 3.46. The lowest BCUT2D eigenvalue weighted by molar-refractivity contribution is -0.117. The van der Waals surface area contributed by atoms with Crippen LogP contribution < -0.4 is 5.32 Å². The summed E-state index contributed by atoms with van der Waals surface area (Å²) in [7, 11) is 0. The molecular weight excluding hydrogens is 398 g/mol. The Morgan fingerprint density at radius 1 is 1.17 bits per heavy atom. The van der Waals surface area contributed by atoms with Gasteiger partial charge in [0.2, 0.25) is 11.8 Å². The van der Waals surface area contributed by atoms with Crippen molar-refractivity contribution in [3.63, 3.8) is 0 Å². The first-order valence-corrected chi connectivity index (χ1v) is 11.2. The summed E-state index contributed by atoms with van der Waals surface area (Å²) in [5, 5.41) is 13.5. The van der Waals surface area contributed by atoms with E-state index in [4.69, 9.17) is 4.42 Å². The summed E-state index contributed by atoms with van der Waals surface area (Å²) < 4.78 is 5.89. The van der Waals surface area contributed by atoms with Gasteiger partial charge in [0, 0.05) is 31.9 Å². The van der Waals surface area contributed by atoms with Crippen molar-refractivity contribution in [2.45, 2.75) is 26.3 Å². The smallest absolute Gasteiger partial charge is 0.257 e. The molecule has 4 rings (SSSR count). The lowest BCUT2D eigenvalue weighted by atomic mass is 10.1. The standard InChI is InChI=1S/C22H27N5O2S/c1-3-17-7-4-5-8-18(17)23-20(28)15-26-10-12-27(13-11-26)16(2)21-24-25-22(29-21)19-9-6-14-30-19/h4-9,14,16H,3,10-13,15H2,1-2H3,(H,23,28)/t16-/m0/s1. The molecular formula is C22H27N5O2S. The van der Waals surface area contributed by atoms with Crippen molar-refractivity contribution in [1.82, 2.24) is 20.0 Å². The molecule has 0 radical (unpaired) electrons. The maximum absolute atomic E-state index is 12.5. The minimum Gasteiger partial charge on any atom is -0.418 e. The van der Waals surface area contributed by atoms with E-state index in [1.807, 2.05) is 35.7 Å². The number of para-hydroxylation sites is 1. The number of aryl methyl sites for hydroxylation is 1. The third-order valence-electron chi connectivity index (χ3n) is 5.52. The van der Waals surface area contributed by atoms with Gasteiger partial charge in [0.05, 0.1) is 17.5 Å². The highest BCUT2D eigenvalue weighted by Crippen LogP contribution is 2.27. The van der Waals surface area contributed by atoms with E-state index >= 15 is 0 Å². The molecule has 0 bridgehead atoms. The van der Waals surface area contributed by atoms with Gasteiger partial charge in [-0.2, -0.15) is 0 Å². The maximum Gasteiger partial charge on any atom is 0.257 e. The molecule has 0 aliphatic carbocycles. The Hall–Kier alpha value is -2.55. The Bertz CT molecular complexity index is 964. The summed E-state index contributed by atoms with van der Waals surface area (Å²) in [6, 6.07) is 12.0. The molecule has 158 valence electrons. The zero-order chi connectivity index (χ0) is 20.9. The number of anilines is 1. The summed E-state index contributed by atoms with van der Waals surface area (Å²) in [6.45, 7) is 7.98. The second kappa shape index (κ2) is 9.51. The molecule has 2 aromatic heterocycles. The third-order valence-corrected chi connectivity index (χ3v) is 6.38. The number of hydrogen-bond acceptors (Lipinski definition) is 7. The SMILES string of the molecule is CCc1ccccc1NC(=O)CN1CCN([C@@H](C)c2nnc(-c3cccs3)o2)CC1. The predicted molar refractivity (Wildman–Crippen MR) is 118 cm³/mol. The van der Waals surface area contributed by atoms with E-state index in [9.17, 15) is 4.79 Å². The monoisotopic (exact) mass is 425 g/mol. The number of aromatic nitrogens is 2. The highest BCUT2D eigenvalue weighted by Gasteiger charge is 2.26. The molecule has 8 heteroatoms. The largest absolute Gasteiger partial charge is 0.418 e. The first kappa shape index (κ1) is 20.7. The Labute approximate surface area is 180 Å². The van der Waals surface area contributed by atoms with Gasteiger partial charge in [0.25, 0.3) is 5.89 Å². The van der Waals surface area contributed by atoms with E-state index in [1.54, 1.807) is 11.3 Å². The molecule has 3 aromatic rings. The molecule has 3 heterocycles. The van der Waals surface area contributed by atoms with Gasteiger partial charge in [-0.05, 0) is 36.4 Å². The van der Waals surface area contributed by atoms with Gasteiger partial charge in [0.15, 0.2) is 0 Å². The van der Waals surface area contributed by atoms with E-state index < -0.39 is 0 Å². The van der Waals surface area contributed by atoms with Crippen LogP contribution in [-0.4, -0.2) is 58.6 Å². The lowest BCUT2D eigenvalue weighted by Gasteiger charge is -2.36. The minimum absolute atomic E-state index is 0.0369. The Morgan fingerprint density at radius 2 is 1.97 bits per heavy atom. The first-order valence-electron chi connectivity index (χ1n) is 10.4. The summed E-state index contributed by atoms with van der Waals surface area (Å²) in [6.07, 6.45) is 0.900. The molecule has 7 nitrogen and oxygen atoms in total. The topological polar surface area (TPSA) is 74.5 Å². The number of piperazine rings is 1. The third kappa shape index (κ3) is 4.77. The number of benzene rings is 1. The molecule has 0 saturated carbocycles. The van der Waals surface area contributed by atoms with E-state index in [0.717, 1.165) is 48.7 Å². The molecule has 0 spiro atoms. The molecule has 1 saturated heterocycles. The van der Waals surface area contributed by atoms with Crippen molar-refractivity contribution in [2.75, 3.05) is 38.0 Å². The quantitative estimate of drug-likeness (QED) is 0.622. The van der Waals surface area contributed by atoms with Crippen LogP contribution >= 0.6 is 11.3 Å². The summed E-state index contributed by atoms with van der Waals surface area (Å²) >= 11 is 1.59. The van der Waals surface area contributed by atoms with Crippen LogP contribution in [0.2, 0.25) is 0 Å². The fourth-order valence-corrected chi connectivity index (χ4v) is 4.36. The predicted octanol–water partition coefficient (Wildman–Crippen LogP) is 3.68. The Kier molecular flexibility index (Phi) is 6.56. The number of carbonyl (C=O) groups excluding carboxylic acids is 1. The molecule has 1 aromatic carbocycles. The van der Waals surface area contributed by atoms with E-state index in [-0.39, 0.29) is 11.9 Å². The van der Waals surface area contributed by atoms with Crippen molar-refractivity contribution in [3.8, 4) is 10.8 Å². The van der Waals surface area contributed by atoms with Crippen LogP contribution in [0.25, 0.3) is 10.8 Å². The molecule has 1 aliphatic heterocycles. The zero-order valence-corrected chi connectivity index (χ0v) is 18.2. The van der Waals surface area contributed by atoms with Crippen LogP contribution in [0.5, 0.6) is 0 Å². The summed E-state index contributed by atoms with van der Waals surface area (Å²) in [5.74, 6) is 1.25. The number of nitrogens with one attached hydrogen (secondary N) is 1. The molecule has 1 amide bonds. The average molecular weight is 426 g/mol. The van der Waals surface area contributed by atoms with E-state index in [0.29, 0.717) is 18.3 Å². The Balaban J connectivity index is 1.28. The van der Waals surface area contributed by atoms with Crippen molar-refractivity contribution >= 4 is 22.9 Å². The van der Waals surface area contributed by atoms with Gasteiger partial charge >= 0.3 is 0 Å². The van der Waals surface area contributed by atoms with Gasteiger partial charge in [-0.15, -0.1) is 21.5 Å². The second-order valence-corrected chi connectivity index (χ2v) is 8.42. The molecule has 1 atom stereocenters. The van der Waals surface area contributed by atoms with Crippen LogP contribution in [0.1, 0.15) is 31.3 Å². The van der Waals surface area contributed by atoms with Crippen molar-refractivity contribution in [1.29, 1.82) is 0 Å². The van der Waals surface area contributed by atoms with Crippen LogP contribution in [0, 0.1) is 0 Å². The summed E-state index contributed by atoms with van der Waals surface area (Å²) in [4.78, 5) is 18.0. The fourth-order valence-electron chi connectivity index (χ4n) is 3.71. The fraction of sp³-hybridized carbons (Fsp3) is 0.409. The lowest BCUT2D eigenvalue weighted by Crippen LogP contribution is -2.49. The highest BCUT2D eigenvalue weighted by atomic mass is 32.1. The minimum atomic E-state index is 0.0369. The Morgan fingerprint density at radius 3 is 2.70 bits per heavy atom. The number of carbonyl (C=O) groups is 1. The molecule has 1 aliphatic rings. The van der Waals surface area contributed by atoms with E-state index in [1.165, 1.54) is 0 Å². The normalized spacial score (nSPS) is 16.5. The van der Waals surface area contributed by atoms with Gasteiger partial charge in [-0.3, -0.25) is 14.6 Å². The second-order valence-electron chi connectivity index (χ2n) is 7.47. The molecule has 1 N–H and O–H groups in total. The number of nitrogens with zero attached hydrogens (tertiary/aromatic N) is 4. The maximum atomic E-state index is 12.5. The van der Waals surface area contributed by atoms with Crippen LogP contribution in [0.3, 0.4) is 0 Å². The van der Waals surface area contributed by atoms with Gasteiger partial charge in [-0.25, -0.2) is 0 Å². The van der Waals surface area contributed by atoms with Crippen molar-refractivity contribution in [3.05, 3.63) is 53.2 Å².